The minimum Gasteiger partial charge on any atom is -0.458 e. The highest BCUT2D eigenvalue weighted by molar-refractivity contribution is 5.91. The molecule has 0 spiro atoms. The number of nitrogens with zero attached hydrogens (tertiary/aromatic N) is 2. The highest BCUT2D eigenvalue weighted by Gasteiger charge is 2.27. The summed E-state index contributed by atoms with van der Waals surface area (Å²) in [7, 11) is 3.27. The molecule has 4 aromatic rings. The zero-order valence-electron chi connectivity index (χ0n) is 34.3. The largest absolute Gasteiger partial charge is 0.458 e. The van der Waals surface area contributed by atoms with Gasteiger partial charge < -0.3 is 19.3 Å². The number of hydrogen-bond donors (Lipinski definition) is 1. The van der Waals surface area contributed by atoms with Gasteiger partial charge in [0.25, 0.3) is 0 Å². The highest BCUT2D eigenvalue weighted by atomic mass is 19.1. The zero-order valence-corrected chi connectivity index (χ0v) is 34.3. The van der Waals surface area contributed by atoms with E-state index in [1.54, 1.807) is 38.5 Å². The second-order valence-corrected chi connectivity index (χ2v) is 15.4. The van der Waals surface area contributed by atoms with Crippen LogP contribution in [0.1, 0.15) is 142 Å². The summed E-state index contributed by atoms with van der Waals surface area (Å²) in [4.78, 5) is 33.4. The van der Waals surface area contributed by atoms with Crippen LogP contribution in [-0.2, 0) is 32.2 Å². The number of pyridine rings is 2. The molecule has 0 radical (unpaired) electrons. The SMILES string of the molecule is COCc1c(C(C)C)nc(C(C)C)c(/C=C/[C@@H]2C[C@@H](O)CC(=O)O2)c1-c1ccc(F)cc1.COCc1c(C(C)C)nc(C(C)C)c(C=O)c1-c1ccc(F)cc1. The summed E-state index contributed by atoms with van der Waals surface area (Å²) in [6.45, 7) is 17.2. The maximum absolute atomic E-state index is 13.7. The molecule has 1 fully saturated rings. The van der Waals surface area contributed by atoms with Gasteiger partial charge in [-0.1, -0.05) is 85.7 Å². The molecule has 2 aromatic heterocycles. The van der Waals surface area contributed by atoms with Crippen molar-refractivity contribution >= 4 is 18.3 Å². The molecule has 1 saturated heterocycles. The van der Waals surface area contributed by atoms with Gasteiger partial charge in [-0.2, -0.15) is 0 Å². The van der Waals surface area contributed by atoms with E-state index in [2.05, 4.69) is 41.5 Å². The van der Waals surface area contributed by atoms with Crippen molar-refractivity contribution in [2.75, 3.05) is 14.2 Å². The molecule has 1 aliphatic rings. The first-order valence-corrected chi connectivity index (χ1v) is 19.2. The Bertz CT molecular complexity index is 1990. The first-order chi connectivity index (χ1) is 26.6. The third-order valence-corrected chi connectivity index (χ3v) is 9.61. The molecule has 0 bridgehead atoms. The van der Waals surface area contributed by atoms with Crippen molar-refractivity contribution in [3.63, 3.8) is 0 Å². The molecular weight excluding hydrogens is 715 g/mol. The molecule has 10 heteroatoms. The van der Waals surface area contributed by atoms with Crippen molar-refractivity contribution in [3.05, 3.63) is 111 Å². The van der Waals surface area contributed by atoms with Crippen molar-refractivity contribution < 1.29 is 37.7 Å². The van der Waals surface area contributed by atoms with E-state index in [0.29, 0.717) is 25.2 Å². The number of rotatable bonds is 13. The number of carbonyl (C=O) groups is 2. The van der Waals surface area contributed by atoms with Gasteiger partial charge in [0.2, 0.25) is 0 Å². The van der Waals surface area contributed by atoms with Gasteiger partial charge >= 0.3 is 5.97 Å². The number of halogens is 2. The van der Waals surface area contributed by atoms with Crippen LogP contribution in [0, 0.1) is 11.6 Å². The number of hydrogen-bond acceptors (Lipinski definition) is 8. The Morgan fingerprint density at radius 3 is 1.50 bits per heavy atom. The average Bonchev–Trinajstić information content (AvgIpc) is 3.14. The predicted octanol–water partition coefficient (Wildman–Crippen LogP) is 10.5. The third kappa shape index (κ3) is 10.6. The van der Waals surface area contributed by atoms with Crippen LogP contribution < -0.4 is 0 Å². The molecule has 5 rings (SSSR count). The van der Waals surface area contributed by atoms with Crippen molar-refractivity contribution in [2.45, 2.75) is 117 Å². The molecule has 2 atom stereocenters. The van der Waals surface area contributed by atoms with Crippen LogP contribution >= 0.6 is 0 Å². The van der Waals surface area contributed by atoms with Gasteiger partial charge in [0.1, 0.15) is 17.7 Å². The Morgan fingerprint density at radius 1 is 0.714 bits per heavy atom. The summed E-state index contributed by atoms with van der Waals surface area (Å²) in [6.07, 6.45) is 3.73. The van der Waals surface area contributed by atoms with E-state index >= 15 is 0 Å². The van der Waals surface area contributed by atoms with Gasteiger partial charge in [-0.05, 0) is 70.7 Å². The standard InChI is InChI=1S/C26H32FNO4.C20H24FNO2/c1-15(2)25-21(11-10-20-12-19(29)13-23(30)32-20)24(17-6-8-18(27)9-7-17)22(14-31-5)26(28-25)16(3)4;1-12(2)19-16(10-23)18(14-6-8-15(21)9-7-14)17(11-24-5)20(22-19)13(3)4/h6-11,15-16,19-20,29H,12-14H2,1-5H3;6-10,12-13H,11H2,1-5H3/b11-10+;/t19-,20-;/m1./s1. The van der Waals surface area contributed by atoms with Crippen molar-refractivity contribution in [1.29, 1.82) is 0 Å². The minimum atomic E-state index is -0.711. The fourth-order valence-electron chi connectivity index (χ4n) is 7.08. The summed E-state index contributed by atoms with van der Waals surface area (Å²) in [5, 5.41) is 9.96. The van der Waals surface area contributed by atoms with Crippen molar-refractivity contribution in [1.82, 2.24) is 9.97 Å². The summed E-state index contributed by atoms with van der Waals surface area (Å²) >= 11 is 0. The number of esters is 1. The smallest absolute Gasteiger partial charge is 0.309 e. The molecular formula is C46H56F2N2O6. The van der Waals surface area contributed by atoms with Gasteiger partial charge in [-0.15, -0.1) is 0 Å². The lowest BCUT2D eigenvalue weighted by atomic mass is 9.87. The molecule has 1 aliphatic heterocycles. The number of carbonyl (C=O) groups excluding carboxylic acids is 2. The van der Waals surface area contributed by atoms with E-state index in [-0.39, 0.29) is 41.7 Å². The first kappa shape index (κ1) is 44.1. The lowest BCUT2D eigenvalue weighted by Crippen LogP contribution is -2.31. The van der Waals surface area contributed by atoms with E-state index in [0.717, 1.165) is 68.0 Å². The normalized spacial score (nSPS) is 15.8. The molecule has 0 unspecified atom stereocenters. The number of benzene rings is 2. The number of aliphatic hydroxyl groups is 1. The van der Waals surface area contributed by atoms with Crippen LogP contribution in [0.3, 0.4) is 0 Å². The van der Waals surface area contributed by atoms with E-state index in [4.69, 9.17) is 24.2 Å². The Morgan fingerprint density at radius 2 is 1.12 bits per heavy atom. The maximum Gasteiger partial charge on any atom is 0.309 e. The number of aromatic nitrogens is 2. The van der Waals surface area contributed by atoms with Crippen molar-refractivity contribution in [3.8, 4) is 22.3 Å². The fraction of sp³-hybridized carbons (Fsp3) is 0.435. The minimum absolute atomic E-state index is 0.0189. The Kier molecular flexibility index (Phi) is 15.7. The van der Waals surface area contributed by atoms with Crippen molar-refractivity contribution in [2.24, 2.45) is 0 Å². The van der Waals surface area contributed by atoms with E-state index in [1.165, 1.54) is 24.3 Å². The fourth-order valence-corrected chi connectivity index (χ4v) is 7.08. The van der Waals surface area contributed by atoms with Crippen LogP contribution in [0.5, 0.6) is 0 Å². The van der Waals surface area contributed by atoms with Gasteiger partial charge in [-0.25, -0.2) is 8.78 Å². The molecule has 8 nitrogen and oxygen atoms in total. The van der Waals surface area contributed by atoms with Crippen LogP contribution in [0.25, 0.3) is 28.3 Å². The summed E-state index contributed by atoms with van der Waals surface area (Å²) < 4.78 is 43.4. The van der Waals surface area contributed by atoms with E-state index in [1.807, 2.05) is 26.0 Å². The highest BCUT2D eigenvalue weighted by Crippen LogP contribution is 2.39. The summed E-state index contributed by atoms with van der Waals surface area (Å²) in [5.74, 6) is -0.418. The van der Waals surface area contributed by atoms with E-state index in [9.17, 15) is 23.5 Å². The van der Waals surface area contributed by atoms with Crippen LogP contribution in [0.2, 0.25) is 0 Å². The van der Waals surface area contributed by atoms with Gasteiger partial charge in [0, 0.05) is 59.8 Å². The molecule has 0 amide bonds. The Hall–Kier alpha value is -4.64. The van der Waals surface area contributed by atoms with Gasteiger partial charge in [-0.3, -0.25) is 19.6 Å². The Labute approximate surface area is 330 Å². The molecule has 300 valence electrons. The monoisotopic (exact) mass is 770 g/mol. The van der Waals surface area contributed by atoms with Gasteiger partial charge in [0.05, 0.1) is 37.1 Å². The van der Waals surface area contributed by atoms with Crippen LogP contribution in [0.4, 0.5) is 8.78 Å². The number of ether oxygens (including phenoxy) is 3. The summed E-state index contributed by atoms with van der Waals surface area (Å²) in [6, 6.07) is 12.6. The molecule has 0 aliphatic carbocycles. The third-order valence-electron chi connectivity index (χ3n) is 9.61. The lowest BCUT2D eigenvalue weighted by molar-refractivity contribution is -0.156. The summed E-state index contributed by atoms with van der Waals surface area (Å²) in [5.41, 5.74) is 10.3. The van der Waals surface area contributed by atoms with Crippen LogP contribution in [0.15, 0.2) is 54.6 Å². The number of aldehydes is 1. The Balaban J connectivity index is 0.000000259. The second-order valence-electron chi connectivity index (χ2n) is 15.4. The molecule has 56 heavy (non-hydrogen) atoms. The second kappa shape index (κ2) is 20.0. The molecule has 2 aromatic carbocycles. The quantitative estimate of drug-likeness (QED) is 0.106. The number of cyclic esters (lactones) is 1. The molecule has 1 N–H and O–H groups in total. The van der Waals surface area contributed by atoms with Crippen LogP contribution in [-0.4, -0.2) is 53.8 Å². The predicted molar refractivity (Wildman–Crippen MR) is 217 cm³/mol. The molecule has 0 saturated carbocycles. The molecule has 3 heterocycles. The maximum atomic E-state index is 13.7. The zero-order chi connectivity index (χ0) is 41.3. The van der Waals surface area contributed by atoms with Gasteiger partial charge in [0.15, 0.2) is 6.29 Å². The number of methoxy groups -OCH3 is 2. The number of aliphatic hydroxyl groups excluding tert-OH is 1. The topological polar surface area (TPSA) is 108 Å². The first-order valence-electron chi connectivity index (χ1n) is 19.2. The lowest BCUT2D eigenvalue weighted by Gasteiger charge is -2.25. The van der Waals surface area contributed by atoms with E-state index < -0.39 is 18.2 Å². The average molecular weight is 771 g/mol.